The van der Waals surface area contributed by atoms with Crippen molar-refractivity contribution in [3.8, 4) is 0 Å². The van der Waals surface area contributed by atoms with Gasteiger partial charge in [0.05, 0.1) is 23.8 Å². The average molecular weight is 624 g/mol. The molecule has 13 atom stereocenters. The standard InChI is InChI=1S/C36H49NO4S2/c1-5-22-9-8-21-13-25-23(18-42-43-19-29(20(2)38)37-28(22)14-21)17-34-12-10-24-15-27-32-30(39)16-31(41-4)36(32,40)35(24,33(27,34)3)11-6-7-26(25)34/h6-9,14,16,20,23-27,29,31-32,37-40H,5,10-13,15,17-19H2,1-4H3. The van der Waals surface area contributed by atoms with Gasteiger partial charge in [0.15, 0.2) is 0 Å². The van der Waals surface area contributed by atoms with Crippen molar-refractivity contribution in [2.75, 3.05) is 23.9 Å². The summed E-state index contributed by atoms with van der Waals surface area (Å²) in [7, 11) is 5.62. The molecule has 0 aromatic heterocycles. The SMILES string of the molecule is CCc1ccc2cc1NC(C(C)O)CSSCC1CC34CCC5CC6C7C(O)=CC(OC)C7(O)C5(CC=CC3C1C2)C64C. The van der Waals surface area contributed by atoms with E-state index in [1.165, 1.54) is 36.1 Å². The summed E-state index contributed by atoms with van der Waals surface area (Å²) in [6, 6.07) is 7.06. The van der Waals surface area contributed by atoms with Crippen molar-refractivity contribution in [3.63, 3.8) is 0 Å². The topological polar surface area (TPSA) is 82.0 Å². The molecule has 4 saturated carbocycles. The van der Waals surface area contributed by atoms with Gasteiger partial charge in [-0.05, 0) is 116 Å². The van der Waals surface area contributed by atoms with E-state index < -0.39 is 17.8 Å². The molecular weight excluding hydrogens is 575 g/mol. The number of aliphatic hydroxyl groups is 3. The number of methoxy groups -OCH3 is 1. The lowest BCUT2D eigenvalue weighted by molar-refractivity contribution is -0.228. The molecule has 1 aromatic rings. The molecule has 7 aliphatic rings. The van der Waals surface area contributed by atoms with Gasteiger partial charge in [-0.15, -0.1) is 0 Å². The van der Waals surface area contributed by atoms with E-state index in [9.17, 15) is 15.3 Å². The van der Waals surface area contributed by atoms with Crippen LogP contribution in [0.3, 0.4) is 0 Å². The zero-order valence-electron chi connectivity index (χ0n) is 26.1. The van der Waals surface area contributed by atoms with Gasteiger partial charge in [-0.2, -0.15) is 0 Å². The number of anilines is 1. The van der Waals surface area contributed by atoms with Gasteiger partial charge in [0, 0.05) is 29.7 Å². The second-order valence-electron chi connectivity index (χ2n) is 15.4. The first-order chi connectivity index (χ1) is 20.7. The van der Waals surface area contributed by atoms with E-state index in [0.29, 0.717) is 29.4 Å². The first kappa shape index (κ1) is 29.3. The lowest BCUT2D eigenvalue weighted by Crippen LogP contribution is -2.65. The average Bonchev–Trinajstić information content (AvgIpc) is 3.53. The predicted octanol–water partition coefficient (Wildman–Crippen LogP) is 6.80. The van der Waals surface area contributed by atoms with E-state index in [2.05, 4.69) is 49.5 Å². The van der Waals surface area contributed by atoms with Crippen LogP contribution in [0.5, 0.6) is 0 Å². The number of nitrogens with one attached hydrogen (secondary N) is 1. The fourth-order valence-corrected chi connectivity index (χ4v) is 15.7. The van der Waals surface area contributed by atoms with Crippen molar-refractivity contribution in [2.45, 2.75) is 89.6 Å². The Hall–Kier alpha value is -1.12. The molecule has 4 N–H and O–H groups in total. The molecule has 234 valence electrons. The highest BCUT2D eigenvalue weighted by atomic mass is 33.1. The van der Waals surface area contributed by atoms with Crippen molar-refractivity contribution in [2.24, 2.45) is 51.8 Å². The van der Waals surface area contributed by atoms with Gasteiger partial charge in [0.25, 0.3) is 0 Å². The highest BCUT2D eigenvalue weighted by molar-refractivity contribution is 8.76. The van der Waals surface area contributed by atoms with Crippen LogP contribution in [0, 0.1) is 51.8 Å². The third-order valence-electron chi connectivity index (χ3n) is 14.5. The molecule has 1 aliphatic heterocycles. The zero-order valence-corrected chi connectivity index (χ0v) is 27.7. The number of fused-ring (bicyclic) bond motifs is 6. The van der Waals surface area contributed by atoms with Gasteiger partial charge in [-0.3, -0.25) is 0 Å². The summed E-state index contributed by atoms with van der Waals surface area (Å²) < 4.78 is 6.01. The minimum absolute atomic E-state index is 0.0160. The largest absolute Gasteiger partial charge is 0.512 e. The summed E-state index contributed by atoms with van der Waals surface area (Å²) in [6.07, 6.45) is 13.7. The van der Waals surface area contributed by atoms with Crippen molar-refractivity contribution < 1.29 is 20.1 Å². The number of hydrogen-bond donors (Lipinski definition) is 4. The molecule has 1 spiro atoms. The molecular formula is C36H49NO4S2. The molecule has 43 heavy (non-hydrogen) atoms. The van der Waals surface area contributed by atoms with Crippen LogP contribution in [-0.2, 0) is 17.6 Å². The monoisotopic (exact) mass is 623 g/mol. The summed E-state index contributed by atoms with van der Waals surface area (Å²) in [5.41, 5.74) is 2.59. The normalized spacial score (nSPS) is 50.0. The number of hydrogen-bond acceptors (Lipinski definition) is 7. The minimum Gasteiger partial charge on any atom is -0.512 e. The van der Waals surface area contributed by atoms with Gasteiger partial charge in [-0.25, -0.2) is 0 Å². The maximum Gasteiger partial charge on any atom is 0.111 e. The van der Waals surface area contributed by atoms with E-state index >= 15 is 0 Å². The third-order valence-corrected chi connectivity index (χ3v) is 17.0. The Bertz CT molecular complexity index is 1360. The van der Waals surface area contributed by atoms with Crippen molar-refractivity contribution in [1.82, 2.24) is 0 Å². The lowest BCUT2D eigenvalue weighted by Gasteiger charge is -2.63. The van der Waals surface area contributed by atoms with Crippen LogP contribution in [0.15, 0.2) is 42.2 Å². The molecule has 0 saturated heterocycles. The predicted molar refractivity (Wildman–Crippen MR) is 176 cm³/mol. The Balaban J connectivity index is 1.24. The van der Waals surface area contributed by atoms with Crippen LogP contribution in [0.25, 0.3) is 0 Å². The second kappa shape index (κ2) is 9.94. The first-order valence-electron chi connectivity index (χ1n) is 16.8. The number of aryl methyl sites for hydroxylation is 1. The summed E-state index contributed by atoms with van der Waals surface area (Å²) in [4.78, 5) is 0. The Morgan fingerprint density at radius 2 is 2.02 bits per heavy atom. The minimum atomic E-state index is -1.05. The molecule has 1 aromatic carbocycles. The molecule has 4 fully saturated rings. The second-order valence-corrected chi connectivity index (χ2v) is 17.9. The van der Waals surface area contributed by atoms with Crippen LogP contribution in [0.2, 0.25) is 0 Å². The third kappa shape index (κ3) is 3.45. The van der Waals surface area contributed by atoms with Gasteiger partial charge in [0.2, 0.25) is 0 Å². The van der Waals surface area contributed by atoms with Crippen LogP contribution in [-0.4, -0.2) is 57.8 Å². The van der Waals surface area contributed by atoms with Crippen LogP contribution in [0.1, 0.15) is 64.0 Å². The highest BCUT2D eigenvalue weighted by Crippen LogP contribution is 2.89. The maximum absolute atomic E-state index is 13.0. The van der Waals surface area contributed by atoms with Gasteiger partial charge >= 0.3 is 0 Å². The first-order valence-corrected chi connectivity index (χ1v) is 19.3. The number of ether oxygens (including phenoxy) is 1. The van der Waals surface area contributed by atoms with E-state index in [1.54, 1.807) is 7.11 Å². The highest BCUT2D eigenvalue weighted by Gasteiger charge is 2.89. The molecule has 13 unspecified atom stereocenters. The summed E-state index contributed by atoms with van der Waals surface area (Å²) in [5, 5.41) is 38.7. The molecule has 6 aliphatic carbocycles. The van der Waals surface area contributed by atoms with Crippen molar-refractivity contribution in [3.05, 3.63) is 53.3 Å². The molecule has 7 heteroatoms. The maximum atomic E-state index is 13.0. The van der Waals surface area contributed by atoms with E-state index in [1.807, 2.05) is 34.6 Å². The Kier molecular flexibility index (Phi) is 6.77. The van der Waals surface area contributed by atoms with Gasteiger partial charge in [-0.1, -0.05) is 59.7 Å². The number of aliphatic hydroxyl groups excluding tert-OH is 2. The zero-order chi connectivity index (χ0) is 29.9. The van der Waals surface area contributed by atoms with E-state index in [-0.39, 0.29) is 34.1 Å². The number of rotatable bonds is 3. The molecule has 5 nitrogen and oxygen atoms in total. The van der Waals surface area contributed by atoms with Crippen molar-refractivity contribution in [1.29, 1.82) is 0 Å². The quantitative estimate of drug-likeness (QED) is 0.218. The Labute approximate surface area is 265 Å². The molecule has 0 amide bonds. The molecule has 8 rings (SSSR count). The fraction of sp³-hybridized carbons (Fsp3) is 0.722. The lowest BCUT2D eigenvalue weighted by atomic mass is 9.41. The van der Waals surface area contributed by atoms with E-state index in [4.69, 9.17) is 4.74 Å². The molecule has 7 bridgehead atoms. The summed E-state index contributed by atoms with van der Waals surface area (Å²) in [6.45, 7) is 6.68. The Morgan fingerprint density at radius 3 is 2.79 bits per heavy atom. The fourth-order valence-electron chi connectivity index (χ4n) is 12.9. The van der Waals surface area contributed by atoms with Crippen LogP contribution in [0.4, 0.5) is 5.69 Å². The number of allylic oxidation sites excluding steroid dienone is 2. The molecule has 0 radical (unpaired) electrons. The van der Waals surface area contributed by atoms with Gasteiger partial charge in [0.1, 0.15) is 11.7 Å². The smallest absolute Gasteiger partial charge is 0.111 e. The molecule has 1 heterocycles. The van der Waals surface area contributed by atoms with Crippen LogP contribution < -0.4 is 5.32 Å². The summed E-state index contributed by atoms with van der Waals surface area (Å²) in [5.74, 6) is 4.47. The Morgan fingerprint density at radius 1 is 1.21 bits per heavy atom. The van der Waals surface area contributed by atoms with Crippen LogP contribution >= 0.6 is 21.6 Å². The van der Waals surface area contributed by atoms with Gasteiger partial charge < -0.3 is 25.4 Å². The summed E-state index contributed by atoms with van der Waals surface area (Å²) >= 11 is 0. The van der Waals surface area contributed by atoms with Crippen molar-refractivity contribution >= 4 is 27.3 Å². The van der Waals surface area contributed by atoms with E-state index in [0.717, 1.165) is 37.2 Å². The number of benzene rings is 1.